The first-order valence-electron chi connectivity index (χ1n) is 6.73. The van der Waals surface area contributed by atoms with Gasteiger partial charge in [-0.05, 0) is 19.1 Å². The molecule has 0 saturated carbocycles. The van der Waals surface area contributed by atoms with E-state index in [2.05, 4.69) is 4.52 Å². The predicted octanol–water partition coefficient (Wildman–Crippen LogP) is 3.24. The lowest BCUT2D eigenvalue weighted by atomic mass is 10.1. The minimum atomic E-state index is -4.91. The number of fused-ring (bicyclic) bond motifs is 1. The molecule has 0 aliphatic rings. The number of phosphoric ester groups is 1. The van der Waals surface area contributed by atoms with Crippen LogP contribution in [0.2, 0.25) is 0 Å². The van der Waals surface area contributed by atoms with Gasteiger partial charge in [0.05, 0.1) is 5.39 Å². The van der Waals surface area contributed by atoms with E-state index in [1.165, 1.54) is 6.07 Å². The molecule has 7 heteroatoms. The van der Waals surface area contributed by atoms with Gasteiger partial charge < -0.3 is 8.94 Å². The van der Waals surface area contributed by atoms with Crippen LogP contribution in [0.1, 0.15) is 5.56 Å². The standard InChI is InChI=1S/C16H13O6P/c1-10-6-8-11(9-7-10)15-16(22-23(18,19)20)14(17)12-4-2-3-5-13(12)21-15/h2-9H,1H3,(H2,18,19,20). The molecule has 0 fully saturated rings. The van der Waals surface area contributed by atoms with Gasteiger partial charge in [-0.1, -0.05) is 42.0 Å². The van der Waals surface area contributed by atoms with Gasteiger partial charge in [0.2, 0.25) is 11.2 Å². The number of benzene rings is 2. The Morgan fingerprint density at radius 1 is 1.04 bits per heavy atom. The monoisotopic (exact) mass is 332 g/mol. The molecule has 3 rings (SSSR count). The zero-order valence-electron chi connectivity index (χ0n) is 12.1. The quantitative estimate of drug-likeness (QED) is 0.715. The van der Waals surface area contributed by atoms with Gasteiger partial charge in [0.1, 0.15) is 5.58 Å². The van der Waals surface area contributed by atoms with E-state index in [-0.39, 0.29) is 11.1 Å². The van der Waals surface area contributed by atoms with E-state index in [9.17, 15) is 9.36 Å². The normalized spacial score (nSPS) is 11.6. The number of para-hydroxylation sites is 1. The molecule has 1 aromatic heterocycles. The van der Waals surface area contributed by atoms with Gasteiger partial charge >= 0.3 is 7.82 Å². The third kappa shape index (κ3) is 3.19. The third-order valence-corrected chi connectivity index (χ3v) is 3.70. The molecule has 0 bridgehead atoms. The van der Waals surface area contributed by atoms with Gasteiger partial charge in [-0.25, -0.2) is 4.57 Å². The van der Waals surface area contributed by atoms with Gasteiger partial charge in [-0.15, -0.1) is 0 Å². The summed E-state index contributed by atoms with van der Waals surface area (Å²) in [6.07, 6.45) is 0. The highest BCUT2D eigenvalue weighted by molar-refractivity contribution is 7.46. The zero-order chi connectivity index (χ0) is 16.6. The second-order valence-corrected chi connectivity index (χ2v) is 6.20. The molecule has 0 radical (unpaired) electrons. The first-order chi connectivity index (χ1) is 10.8. The lowest BCUT2D eigenvalue weighted by Gasteiger charge is -2.12. The van der Waals surface area contributed by atoms with E-state index in [0.29, 0.717) is 11.1 Å². The lowest BCUT2D eigenvalue weighted by molar-refractivity contribution is 0.280. The number of hydrogen-bond acceptors (Lipinski definition) is 4. The molecule has 6 nitrogen and oxygen atoms in total. The third-order valence-electron chi connectivity index (χ3n) is 3.28. The Morgan fingerprint density at radius 3 is 2.35 bits per heavy atom. The molecule has 2 N–H and O–H groups in total. The molecule has 2 aromatic carbocycles. The van der Waals surface area contributed by atoms with E-state index in [0.717, 1.165) is 5.56 Å². The maximum absolute atomic E-state index is 12.5. The summed E-state index contributed by atoms with van der Waals surface area (Å²) in [5.74, 6) is -0.516. The van der Waals surface area contributed by atoms with Crippen molar-refractivity contribution in [3.05, 3.63) is 64.3 Å². The Balaban J connectivity index is 2.33. The molecule has 0 unspecified atom stereocenters. The molecule has 0 atom stereocenters. The van der Waals surface area contributed by atoms with Crippen LogP contribution in [0.25, 0.3) is 22.3 Å². The zero-order valence-corrected chi connectivity index (χ0v) is 13.0. The number of hydrogen-bond donors (Lipinski definition) is 2. The molecule has 118 valence electrons. The molecule has 0 aliphatic heterocycles. The average molecular weight is 332 g/mol. The summed E-state index contributed by atoms with van der Waals surface area (Å²) in [4.78, 5) is 30.7. The van der Waals surface area contributed by atoms with E-state index in [4.69, 9.17) is 14.2 Å². The fourth-order valence-electron chi connectivity index (χ4n) is 2.22. The molecular formula is C16H13O6P. The van der Waals surface area contributed by atoms with Crippen molar-refractivity contribution in [2.45, 2.75) is 6.92 Å². The highest BCUT2D eigenvalue weighted by Crippen LogP contribution is 2.41. The molecule has 23 heavy (non-hydrogen) atoms. The van der Waals surface area contributed by atoms with E-state index < -0.39 is 19.0 Å². The number of rotatable bonds is 3. The van der Waals surface area contributed by atoms with Crippen LogP contribution >= 0.6 is 7.82 Å². The van der Waals surface area contributed by atoms with Crippen molar-refractivity contribution in [3.8, 4) is 17.1 Å². The molecule has 0 amide bonds. The summed E-state index contributed by atoms with van der Waals surface area (Å²) >= 11 is 0. The number of phosphoric acid groups is 1. The van der Waals surface area contributed by atoms with Crippen molar-refractivity contribution < 1.29 is 23.3 Å². The van der Waals surface area contributed by atoms with Crippen LogP contribution in [0.4, 0.5) is 0 Å². The van der Waals surface area contributed by atoms with Gasteiger partial charge in [0.15, 0.2) is 5.76 Å². The summed E-state index contributed by atoms with van der Waals surface area (Å²) < 4.78 is 21.5. The van der Waals surface area contributed by atoms with Gasteiger partial charge in [0, 0.05) is 5.56 Å². The molecule has 0 saturated heterocycles. The highest BCUT2D eigenvalue weighted by Gasteiger charge is 2.25. The second kappa shape index (κ2) is 5.66. The maximum atomic E-state index is 12.5. The summed E-state index contributed by atoms with van der Waals surface area (Å²) in [6.45, 7) is 1.90. The lowest BCUT2D eigenvalue weighted by Crippen LogP contribution is -2.08. The van der Waals surface area contributed by atoms with Crippen LogP contribution in [0.15, 0.2) is 57.7 Å². The van der Waals surface area contributed by atoms with Crippen molar-refractivity contribution in [1.29, 1.82) is 0 Å². The van der Waals surface area contributed by atoms with Crippen molar-refractivity contribution in [3.63, 3.8) is 0 Å². The van der Waals surface area contributed by atoms with Crippen LogP contribution in [0.3, 0.4) is 0 Å². The smallest absolute Gasteiger partial charge is 0.452 e. The first-order valence-corrected chi connectivity index (χ1v) is 8.26. The van der Waals surface area contributed by atoms with Crippen molar-refractivity contribution >= 4 is 18.8 Å². The SMILES string of the molecule is Cc1ccc(-c2oc3ccccc3c(=O)c2OP(=O)(O)O)cc1. The van der Waals surface area contributed by atoms with E-state index in [1.54, 1.807) is 42.5 Å². The van der Waals surface area contributed by atoms with Crippen molar-refractivity contribution in [2.75, 3.05) is 0 Å². The average Bonchev–Trinajstić information content (AvgIpc) is 2.50. The van der Waals surface area contributed by atoms with Gasteiger partial charge in [-0.2, -0.15) is 0 Å². The highest BCUT2D eigenvalue weighted by atomic mass is 31.2. The van der Waals surface area contributed by atoms with Gasteiger partial charge in [0.25, 0.3) is 0 Å². The van der Waals surface area contributed by atoms with E-state index in [1.807, 2.05) is 6.92 Å². The van der Waals surface area contributed by atoms with Crippen molar-refractivity contribution in [2.24, 2.45) is 0 Å². The summed E-state index contributed by atoms with van der Waals surface area (Å²) in [5, 5.41) is 0.187. The summed E-state index contributed by atoms with van der Waals surface area (Å²) in [7, 11) is -4.91. The van der Waals surface area contributed by atoms with E-state index >= 15 is 0 Å². The topological polar surface area (TPSA) is 97.0 Å². The van der Waals surface area contributed by atoms with Crippen LogP contribution in [-0.2, 0) is 4.57 Å². The van der Waals surface area contributed by atoms with Gasteiger partial charge in [-0.3, -0.25) is 14.6 Å². The largest absolute Gasteiger partial charge is 0.525 e. The van der Waals surface area contributed by atoms with Crippen LogP contribution in [-0.4, -0.2) is 9.79 Å². The Kier molecular flexibility index (Phi) is 3.82. The molecular weight excluding hydrogens is 319 g/mol. The fraction of sp³-hybridized carbons (Fsp3) is 0.0625. The Hall–Kier alpha value is -2.40. The summed E-state index contributed by atoms with van der Waals surface area (Å²) in [6, 6.07) is 13.4. The molecule has 0 spiro atoms. The Labute approximate surface area is 131 Å². The van der Waals surface area contributed by atoms with Crippen LogP contribution in [0.5, 0.6) is 5.75 Å². The van der Waals surface area contributed by atoms with Crippen molar-refractivity contribution in [1.82, 2.24) is 0 Å². The maximum Gasteiger partial charge on any atom is 0.525 e. The molecule has 0 aliphatic carbocycles. The Bertz CT molecular complexity index is 968. The second-order valence-electron chi connectivity index (χ2n) is 5.03. The van der Waals surface area contributed by atoms with Crippen LogP contribution < -0.4 is 9.95 Å². The number of aryl methyl sites for hydroxylation is 1. The predicted molar refractivity (Wildman–Crippen MR) is 85.3 cm³/mol. The molecule has 3 aromatic rings. The summed E-state index contributed by atoms with van der Waals surface area (Å²) in [5.41, 5.74) is 1.16. The minimum absolute atomic E-state index is 0.0166. The first kappa shape index (κ1) is 15.5. The fourth-order valence-corrected chi connectivity index (χ4v) is 2.63. The Morgan fingerprint density at radius 2 is 1.70 bits per heavy atom. The minimum Gasteiger partial charge on any atom is -0.452 e. The van der Waals surface area contributed by atoms with Crippen LogP contribution in [0, 0.1) is 6.92 Å². The molecule has 1 heterocycles.